The molecular formula is C18H22N2O5. The Balaban J connectivity index is 1.91. The quantitative estimate of drug-likeness (QED) is 0.748. The molecule has 2 rings (SSSR count). The highest BCUT2D eigenvalue weighted by Gasteiger charge is 2.23. The largest absolute Gasteiger partial charge is 0.467 e. The lowest BCUT2D eigenvalue weighted by atomic mass is 10.0. The Morgan fingerprint density at radius 3 is 2.56 bits per heavy atom. The molecule has 0 spiro atoms. The van der Waals surface area contributed by atoms with Gasteiger partial charge in [-0.25, -0.2) is 9.59 Å². The zero-order valence-electron chi connectivity index (χ0n) is 14.5. The predicted octanol–water partition coefficient (Wildman–Crippen LogP) is 2.03. The molecule has 1 amide bonds. The highest BCUT2D eigenvalue weighted by Crippen LogP contribution is 2.15. The molecule has 1 heterocycles. The first kappa shape index (κ1) is 18.5. The van der Waals surface area contributed by atoms with Gasteiger partial charge in [-0.15, -0.1) is 0 Å². The average Bonchev–Trinajstić information content (AvgIpc) is 3.02. The van der Waals surface area contributed by atoms with Crippen molar-refractivity contribution in [2.24, 2.45) is 5.92 Å². The van der Waals surface area contributed by atoms with Crippen molar-refractivity contribution in [3.63, 3.8) is 0 Å². The van der Waals surface area contributed by atoms with Crippen molar-refractivity contribution in [1.29, 1.82) is 0 Å². The lowest BCUT2D eigenvalue weighted by Crippen LogP contribution is -2.44. The molecule has 0 fully saturated rings. The van der Waals surface area contributed by atoms with Crippen molar-refractivity contribution < 1.29 is 23.9 Å². The summed E-state index contributed by atoms with van der Waals surface area (Å²) >= 11 is 0. The summed E-state index contributed by atoms with van der Waals surface area (Å²) in [6.07, 6.45) is 0.439. The number of carbonyl (C=O) groups excluding carboxylic acids is 3. The van der Waals surface area contributed by atoms with Crippen LogP contribution in [0.3, 0.4) is 0 Å². The van der Waals surface area contributed by atoms with Gasteiger partial charge in [-0.1, -0.05) is 32.0 Å². The molecule has 0 bridgehead atoms. The number of hydrogen-bond donors (Lipinski definition) is 2. The van der Waals surface area contributed by atoms with Gasteiger partial charge in [0.1, 0.15) is 11.7 Å². The normalized spacial score (nSPS) is 12.0. The Bertz CT molecular complexity index is 733. The van der Waals surface area contributed by atoms with Crippen molar-refractivity contribution in [2.45, 2.75) is 26.3 Å². The molecule has 1 atom stereocenters. The lowest BCUT2D eigenvalue weighted by Gasteiger charge is -2.18. The summed E-state index contributed by atoms with van der Waals surface area (Å²) in [4.78, 5) is 38.6. The summed E-state index contributed by atoms with van der Waals surface area (Å²) in [6.45, 7) is 3.38. The van der Waals surface area contributed by atoms with Gasteiger partial charge < -0.3 is 19.8 Å². The van der Waals surface area contributed by atoms with Gasteiger partial charge in [0.15, 0.2) is 6.61 Å². The van der Waals surface area contributed by atoms with Gasteiger partial charge in [0, 0.05) is 10.9 Å². The fourth-order valence-corrected chi connectivity index (χ4v) is 2.46. The highest BCUT2D eigenvalue weighted by atomic mass is 16.5. The Morgan fingerprint density at radius 2 is 1.92 bits per heavy atom. The zero-order chi connectivity index (χ0) is 18.4. The number of nitrogens with one attached hydrogen (secondary N) is 2. The number of benzene rings is 1. The van der Waals surface area contributed by atoms with Gasteiger partial charge in [0.05, 0.1) is 7.11 Å². The number of amides is 1. The van der Waals surface area contributed by atoms with Crippen LogP contribution < -0.4 is 5.32 Å². The number of hydrogen-bond acceptors (Lipinski definition) is 5. The molecule has 134 valence electrons. The lowest BCUT2D eigenvalue weighted by molar-refractivity contribution is -0.145. The van der Waals surface area contributed by atoms with Gasteiger partial charge in [0.25, 0.3) is 5.91 Å². The molecule has 0 radical (unpaired) electrons. The molecule has 0 aliphatic heterocycles. The summed E-state index contributed by atoms with van der Waals surface area (Å²) in [5.74, 6) is -1.52. The molecule has 7 nitrogen and oxygen atoms in total. The van der Waals surface area contributed by atoms with Gasteiger partial charge in [-0.05, 0) is 24.5 Å². The van der Waals surface area contributed by atoms with Gasteiger partial charge in [-0.3, -0.25) is 4.79 Å². The second-order valence-electron chi connectivity index (χ2n) is 6.12. The molecule has 0 saturated carbocycles. The maximum absolute atomic E-state index is 12.0. The number of carbonyl (C=O) groups is 3. The van der Waals surface area contributed by atoms with Crippen LogP contribution in [0.5, 0.6) is 0 Å². The second-order valence-corrected chi connectivity index (χ2v) is 6.12. The van der Waals surface area contributed by atoms with E-state index in [9.17, 15) is 14.4 Å². The van der Waals surface area contributed by atoms with Crippen molar-refractivity contribution >= 4 is 28.7 Å². The first-order chi connectivity index (χ1) is 11.9. The Hall–Kier alpha value is -2.83. The average molecular weight is 346 g/mol. The summed E-state index contributed by atoms with van der Waals surface area (Å²) in [5.41, 5.74) is 1.07. The van der Waals surface area contributed by atoms with E-state index in [4.69, 9.17) is 4.74 Å². The second kappa shape index (κ2) is 8.32. The monoisotopic (exact) mass is 346 g/mol. The molecular weight excluding hydrogens is 324 g/mol. The third-order valence-corrected chi connectivity index (χ3v) is 3.61. The van der Waals surface area contributed by atoms with Crippen molar-refractivity contribution in [1.82, 2.24) is 10.3 Å². The maximum Gasteiger partial charge on any atom is 0.355 e. The van der Waals surface area contributed by atoms with Crippen LogP contribution in [0.4, 0.5) is 0 Å². The number of fused-ring (bicyclic) bond motifs is 1. The van der Waals surface area contributed by atoms with E-state index >= 15 is 0 Å². The van der Waals surface area contributed by atoms with Crippen LogP contribution in [0.15, 0.2) is 30.3 Å². The van der Waals surface area contributed by atoms with Crippen molar-refractivity contribution in [3.8, 4) is 0 Å². The molecule has 0 saturated heterocycles. The standard InChI is InChI=1S/C18H22N2O5/c1-11(2)8-14(17(22)24-3)20-16(21)10-25-18(23)15-9-12-6-4-5-7-13(12)19-15/h4-7,9,11,14,19H,8,10H2,1-3H3,(H,20,21)/t14-/m0/s1. The van der Waals surface area contributed by atoms with E-state index in [1.165, 1.54) is 7.11 Å². The molecule has 25 heavy (non-hydrogen) atoms. The van der Waals surface area contributed by atoms with E-state index in [1.807, 2.05) is 38.1 Å². The van der Waals surface area contributed by atoms with E-state index < -0.39 is 30.5 Å². The van der Waals surface area contributed by atoms with E-state index in [0.29, 0.717) is 6.42 Å². The SMILES string of the molecule is COC(=O)[C@H](CC(C)C)NC(=O)COC(=O)c1cc2ccccc2[nH]1. The number of rotatable bonds is 7. The first-order valence-corrected chi connectivity index (χ1v) is 8.02. The van der Waals surface area contributed by atoms with Crippen LogP contribution in [-0.2, 0) is 19.1 Å². The Kier molecular flexibility index (Phi) is 6.16. The van der Waals surface area contributed by atoms with Gasteiger partial charge >= 0.3 is 11.9 Å². The van der Waals surface area contributed by atoms with Gasteiger partial charge in [-0.2, -0.15) is 0 Å². The van der Waals surface area contributed by atoms with E-state index in [-0.39, 0.29) is 11.6 Å². The maximum atomic E-state index is 12.0. The minimum Gasteiger partial charge on any atom is -0.467 e. The number of esters is 2. The molecule has 1 aromatic heterocycles. The van der Waals surface area contributed by atoms with Crippen LogP contribution in [0.2, 0.25) is 0 Å². The van der Waals surface area contributed by atoms with E-state index in [1.54, 1.807) is 6.07 Å². The Morgan fingerprint density at radius 1 is 1.20 bits per heavy atom. The molecule has 7 heteroatoms. The minimum atomic E-state index is -0.760. The van der Waals surface area contributed by atoms with E-state index in [0.717, 1.165) is 10.9 Å². The fourth-order valence-electron chi connectivity index (χ4n) is 2.46. The summed E-state index contributed by atoms with van der Waals surface area (Å²) in [5, 5.41) is 3.41. The minimum absolute atomic E-state index is 0.193. The fraction of sp³-hybridized carbons (Fsp3) is 0.389. The number of H-pyrrole nitrogens is 1. The Labute approximate surface area is 145 Å². The topological polar surface area (TPSA) is 97.5 Å². The molecule has 2 N–H and O–H groups in total. The molecule has 0 aliphatic rings. The zero-order valence-corrected chi connectivity index (χ0v) is 14.5. The third-order valence-electron chi connectivity index (χ3n) is 3.61. The highest BCUT2D eigenvalue weighted by molar-refractivity contribution is 5.96. The van der Waals surface area contributed by atoms with Crippen LogP contribution in [0, 0.1) is 5.92 Å². The number of ether oxygens (including phenoxy) is 2. The molecule has 0 aliphatic carbocycles. The molecule has 0 unspecified atom stereocenters. The first-order valence-electron chi connectivity index (χ1n) is 8.02. The van der Waals surface area contributed by atoms with Gasteiger partial charge in [0.2, 0.25) is 0 Å². The number of aromatic amines is 1. The summed E-state index contributed by atoms with van der Waals surface area (Å²) in [7, 11) is 1.26. The van der Waals surface area contributed by atoms with E-state index in [2.05, 4.69) is 15.0 Å². The number of methoxy groups -OCH3 is 1. The number of para-hydroxylation sites is 1. The third kappa shape index (κ3) is 5.07. The summed E-state index contributed by atoms with van der Waals surface area (Å²) in [6, 6.07) is 8.31. The molecule has 1 aromatic carbocycles. The van der Waals surface area contributed by atoms with Crippen LogP contribution in [0.1, 0.15) is 30.8 Å². The van der Waals surface area contributed by atoms with Crippen LogP contribution >= 0.6 is 0 Å². The molecule has 2 aromatic rings. The van der Waals surface area contributed by atoms with Crippen LogP contribution in [0.25, 0.3) is 10.9 Å². The van der Waals surface area contributed by atoms with Crippen molar-refractivity contribution in [2.75, 3.05) is 13.7 Å². The van der Waals surface area contributed by atoms with Crippen LogP contribution in [-0.4, -0.2) is 42.6 Å². The number of aromatic nitrogens is 1. The predicted molar refractivity (Wildman–Crippen MR) is 92.0 cm³/mol. The van der Waals surface area contributed by atoms with Crippen molar-refractivity contribution in [3.05, 3.63) is 36.0 Å². The smallest absolute Gasteiger partial charge is 0.355 e. The summed E-state index contributed by atoms with van der Waals surface area (Å²) < 4.78 is 9.68.